The van der Waals surface area contributed by atoms with Crippen LogP contribution in [0.5, 0.6) is 0 Å². The molecule has 2 N–H and O–H groups in total. The highest BCUT2D eigenvalue weighted by Crippen LogP contribution is 2.35. The molecule has 8 heteroatoms. The van der Waals surface area contributed by atoms with Crippen LogP contribution in [0.1, 0.15) is 34.3 Å². The molecule has 29 heavy (non-hydrogen) atoms. The highest BCUT2D eigenvalue weighted by atomic mass is 35.5. The highest BCUT2D eigenvalue weighted by molar-refractivity contribution is 7.92. The molecule has 0 radical (unpaired) electrons. The molecule has 2 aromatic rings. The Morgan fingerprint density at radius 2 is 1.79 bits per heavy atom. The predicted octanol–water partition coefficient (Wildman–Crippen LogP) is 2.39. The van der Waals surface area contributed by atoms with Gasteiger partial charge in [-0.1, -0.05) is 30.3 Å². The summed E-state index contributed by atoms with van der Waals surface area (Å²) < 4.78 is 25.6. The smallest absolute Gasteiger partial charge is 0.253 e. The van der Waals surface area contributed by atoms with Crippen LogP contribution in [-0.2, 0) is 16.4 Å². The largest absolute Gasteiger partial charge is 0.336 e. The van der Waals surface area contributed by atoms with Gasteiger partial charge in [0.2, 0.25) is 10.0 Å². The zero-order chi connectivity index (χ0) is 20.1. The number of halogens is 1. The van der Waals surface area contributed by atoms with Gasteiger partial charge in [0.15, 0.2) is 0 Å². The predicted molar refractivity (Wildman–Crippen MR) is 117 cm³/mol. The van der Waals surface area contributed by atoms with E-state index in [0.29, 0.717) is 30.8 Å². The van der Waals surface area contributed by atoms with Gasteiger partial charge in [-0.3, -0.25) is 9.10 Å². The third kappa shape index (κ3) is 3.99. The van der Waals surface area contributed by atoms with Crippen LogP contribution in [0, 0.1) is 0 Å². The van der Waals surface area contributed by atoms with E-state index in [-0.39, 0.29) is 36.3 Å². The van der Waals surface area contributed by atoms with Gasteiger partial charge in [-0.05, 0) is 42.7 Å². The summed E-state index contributed by atoms with van der Waals surface area (Å²) in [4.78, 5) is 14.9. The lowest BCUT2D eigenvalue weighted by Gasteiger charge is -2.22. The fourth-order valence-electron chi connectivity index (χ4n) is 4.47. The van der Waals surface area contributed by atoms with Crippen molar-refractivity contribution in [2.24, 2.45) is 5.73 Å². The maximum Gasteiger partial charge on any atom is 0.253 e. The van der Waals surface area contributed by atoms with E-state index in [1.54, 1.807) is 17.0 Å². The molecule has 0 saturated carbocycles. The van der Waals surface area contributed by atoms with Gasteiger partial charge in [0.25, 0.3) is 5.91 Å². The normalized spacial score (nSPS) is 23.6. The number of nitrogens with two attached hydrogens (primary N) is 1. The number of anilines is 1. The number of benzene rings is 2. The summed E-state index contributed by atoms with van der Waals surface area (Å²) in [5, 5.41) is 0. The molecule has 3 atom stereocenters. The summed E-state index contributed by atoms with van der Waals surface area (Å²) in [5.74, 6) is 0.0717. The van der Waals surface area contributed by atoms with E-state index in [4.69, 9.17) is 5.73 Å². The first-order chi connectivity index (χ1) is 13.3. The minimum absolute atomic E-state index is 0. The third-order valence-corrected chi connectivity index (χ3v) is 6.99. The van der Waals surface area contributed by atoms with Gasteiger partial charge in [0.1, 0.15) is 0 Å². The van der Waals surface area contributed by atoms with E-state index < -0.39 is 10.0 Å². The second-order valence-electron chi connectivity index (χ2n) is 7.85. The SMILES string of the molecule is CC1Cc2cc(C(=O)N3C[C@@H](N)[C@H](c4ccccc4)C3)ccc2N1S(C)(=O)=O.Cl. The highest BCUT2D eigenvalue weighted by Gasteiger charge is 2.36. The number of amides is 1. The number of sulfonamides is 1. The van der Waals surface area contributed by atoms with Crippen LogP contribution in [0.3, 0.4) is 0 Å². The Hall–Kier alpha value is -2.09. The molecular weight excluding hydrogens is 410 g/mol. The Kier molecular flexibility index (Phi) is 5.94. The summed E-state index contributed by atoms with van der Waals surface area (Å²) >= 11 is 0. The average Bonchev–Trinajstić information content (AvgIpc) is 3.20. The molecule has 1 unspecified atom stereocenters. The lowest BCUT2D eigenvalue weighted by Crippen LogP contribution is -2.34. The van der Waals surface area contributed by atoms with Crippen molar-refractivity contribution >= 4 is 34.0 Å². The molecule has 0 aliphatic carbocycles. The lowest BCUT2D eigenvalue weighted by molar-refractivity contribution is 0.0789. The number of carbonyl (C=O) groups excluding carboxylic acids is 1. The standard InChI is InChI=1S/C21H25N3O3S.ClH/c1-14-10-17-11-16(8-9-20(17)24(14)28(2,26)27)21(25)23-12-18(19(22)13-23)15-6-4-3-5-7-15;/h3-9,11,14,18-19H,10,12-13,22H2,1-2H3;1H/t14?,18-,19+;/m0./s1. The number of nitrogens with zero attached hydrogens (tertiary/aromatic N) is 2. The number of likely N-dealkylation sites (tertiary alicyclic amines) is 1. The summed E-state index contributed by atoms with van der Waals surface area (Å²) in [6.45, 7) is 2.99. The van der Waals surface area contributed by atoms with Crippen molar-refractivity contribution in [3.8, 4) is 0 Å². The molecule has 4 rings (SSSR count). The van der Waals surface area contributed by atoms with Gasteiger partial charge in [-0.25, -0.2) is 8.42 Å². The average molecular weight is 436 g/mol. The van der Waals surface area contributed by atoms with Gasteiger partial charge in [-0.15, -0.1) is 12.4 Å². The van der Waals surface area contributed by atoms with Crippen LogP contribution < -0.4 is 10.0 Å². The van der Waals surface area contributed by atoms with Crippen molar-refractivity contribution < 1.29 is 13.2 Å². The van der Waals surface area contributed by atoms with Crippen molar-refractivity contribution in [1.29, 1.82) is 0 Å². The van der Waals surface area contributed by atoms with Gasteiger partial charge < -0.3 is 10.6 Å². The number of hydrogen-bond donors (Lipinski definition) is 1. The zero-order valence-corrected chi connectivity index (χ0v) is 18.1. The van der Waals surface area contributed by atoms with Gasteiger partial charge in [0.05, 0.1) is 11.9 Å². The Balaban J connectivity index is 0.00000240. The molecule has 0 spiro atoms. The van der Waals surface area contributed by atoms with Crippen LogP contribution in [0.25, 0.3) is 0 Å². The molecule has 2 aromatic carbocycles. The van der Waals surface area contributed by atoms with Crippen molar-refractivity contribution in [2.45, 2.75) is 31.3 Å². The number of hydrogen-bond acceptors (Lipinski definition) is 4. The molecule has 1 fully saturated rings. The van der Waals surface area contributed by atoms with Gasteiger partial charge in [-0.2, -0.15) is 0 Å². The van der Waals surface area contributed by atoms with E-state index in [1.165, 1.54) is 10.6 Å². The molecule has 156 valence electrons. The fraction of sp³-hybridized carbons (Fsp3) is 0.381. The second kappa shape index (κ2) is 7.97. The minimum Gasteiger partial charge on any atom is -0.336 e. The van der Waals surface area contributed by atoms with E-state index >= 15 is 0 Å². The lowest BCUT2D eigenvalue weighted by atomic mass is 9.95. The van der Waals surface area contributed by atoms with Crippen LogP contribution in [-0.4, -0.2) is 50.7 Å². The van der Waals surface area contributed by atoms with Crippen molar-refractivity contribution in [3.05, 3.63) is 65.2 Å². The number of rotatable bonds is 3. The quantitative estimate of drug-likeness (QED) is 0.802. The summed E-state index contributed by atoms with van der Waals surface area (Å²) in [6.07, 6.45) is 1.82. The molecule has 1 amide bonds. The van der Waals surface area contributed by atoms with Gasteiger partial charge in [0, 0.05) is 36.7 Å². The minimum atomic E-state index is -3.34. The monoisotopic (exact) mass is 435 g/mol. The third-order valence-electron chi connectivity index (χ3n) is 5.72. The summed E-state index contributed by atoms with van der Waals surface area (Å²) in [7, 11) is -3.34. The van der Waals surface area contributed by atoms with Crippen LogP contribution in [0.15, 0.2) is 48.5 Å². The molecule has 6 nitrogen and oxygen atoms in total. The number of carbonyl (C=O) groups is 1. The maximum absolute atomic E-state index is 13.1. The van der Waals surface area contributed by atoms with Crippen LogP contribution in [0.2, 0.25) is 0 Å². The number of fused-ring (bicyclic) bond motifs is 1. The molecule has 0 bridgehead atoms. The summed E-state index contributed by atoms with van der Waals surface area (Å²) in [5.41, 5.74) is 9.63. The van der Waals surface area contributed by atoms with E-state index in [9.17, 15) is 13.2 Å². The molecule has 2 heterocycles. The Labute approximate surface area is 178 Å². The Bertz CT molecular complexity index is 1010. The zero-order valence-electron chi connectivity index (χ0n) is 16.5. The summed E-state index contributed by atoms with van der Waals surface area (Å²) in [6, 6.07) is 15.1. The topological polar surface area (TPSA) is 83.7 Å². The van der Waals surface area contributed by atoms with Crippen molar-refractivity contribution in [1.82, 2.24) is 4.90 Å². The molecule has 2 aliphatic rings. The fourth-order valence-corrected chi connectivity index (χ4v) is 5.74. The molecule has 1 saturated heterocycles. The molecule has 2 aliphatic heterocycles. The molecule has 0 aromatic heterocycles. The van der Waals surface area contributed by atoms with Crippen molar-refractivity contribution in [3.63, 3.8) is 0 Å². The second-order valence-corrected chi connectivity index (χ2v) is 9.71. The first-order valence-electron chi connectivity index (χ1n) is 9.48. The van der Waals surface area contributed by atoms with Gasteiger partial charge >= 0.3 is 0 Å². The van der Waals surface area contributed by atoms with E-state index in [2.05, 4.69) is 12.1 Å². The maximum atomic E-state index is 13.1. The Morgan fingerprint density at radius 3 is 2.45 bits per heavy atom. The Morgan fingerprint density at radius 1 is 1.10 bits per heavy atom. The first kappa shape index (κ1) is 21.6. The van der Waals surface area contributed by atoms with Crippen molar-refractivity contribution in [2.75, 3.05) is 23.7 Å². The van der Waals surface area contributed by atoms with Crippen LogP contribution in [0.4, 0.5) is 5.69 Å². The van der Waals surface area contributed by atoms with Crippen LogP contribution >= 0.6 is 12.4 Å². The first-order valence-corrected chi connectivity index (χ1v) is 11.3. The van der Waals surface area contributed by atoms with E-state index in [1.807, 2.05) is 31.2 Å². The molecular formula is C21H26ClN3O3S. The van der Waals surface area contributed by atoms with E-state index in [0.717, 1.165) is 11.1 Å².